The second-order valence-corrected chi connectivity index (χ2v) is 6.20. The Hall–Kier alpha value is -3.26. The number of ether oxygens (including phenoxy) is 1. The van der Waals surface area contributed by atoms with Crippen molar-refractivity contribution in [3.63, 3.8) is 0 Å². The Morgan fingerprint density at radius 3 is 2.32 bits per heavy atom. The number of nitrogens with zero attached hydrogens (tertiary/aromatic N) is 2. The van der Waals surface area contributed by atoms with Crippen LogP contribution in [0, 0.1) is 25.5 Å². The van der Waals surface area contributed by atoms with Crippen molar-refractivity contribution in [2.45, 2.75) is 13.8 Å². The smallest absolute Gasteiger partial charge is 0.323 e. The van der Waals surface area contributed by atoms with Gasteiger partial charge in [0.25, 0.3) is 0 Å². The van der Waals surface area contributed by atoms with Gasteiger partial charge in [-0.25, -0.2) is 13.6 Å². The molecule has 0 atom stereocenters. The zero-order chi connectivity index (χ0) is 20.3. The summed E-state index contributed by atoms with van der Waals surface area (Å²) in [5, 5.41) is 5.05. The van der Waals surface area contributed by atoms with E-state index in [0.717, 1.165) is 6.07 Å². The summed E-state index contributed by atoms with van der Waals surface area (Å²) < 4.78 is 32.3. The van der Waals surface area contributed by atoms with E-state index >= 15 is 0 Å². The minimum Gasteiger partial charge on any atom is -0.421 e. The fraction of sp³-hybridized carbons (Fsp3) is 0.105. The molecule has 0 fully saturated rings. The van der Waals surface area contributed by atoms with Gasteiger partial charge in [0.2, 0.25) is 0 Å². The molecule has 0 radical (unpaired) electrons. The molecule has 2 aromatic carbocycles. The van der Waals surface area contributed by atoms with E-state index in [1.54, 1.807) is 26.0 Å². The standard InChI is InChI=1S/C19H15ClF2N4O2/c1-10-17(26-18(27)25-12-7-8-14(21)13(20)9-12)11(2)24-19(23-10)28-16-6-4-3-5-15(16)22/h3-9H,1-2H3,(H2,25,26,27). The predicted octanol–water partition coefficient (Wildman–Crippen LogP) is 5.46. The molecule has 0 saturated heterocycles. The van der Waals surface area contributed by atoms with E-state index in [-0.39, 0.29) is 16.8 Å². The van der Waals surface area contributed by atoms with Gasteiger partial charge in [0, 0.05) is 5.69 Å². The normalized spacial score (nSPS) is 10.5. The Bertz CT molecular complexity index is 1020. The molecule has 0 unspecified atom stereocenters. The summed E-state index contributed by atoms with van der Waals surface area (Å²) in [5.41, 5.74) is 1.53. The molecule has 28 heavy (non-hydrogen) atoms. The van der Waals surface area contributed by atoms with Gasteiger partial charge >= 0.3 is 12.0 Å². The van der Waals surface area contributed by atoms with Crippen molar-refractivity contribution in [1.82, 2.24) is 9.97 Å². The van der Waals surface area contributed by atoms with E-state index < -0.39 is 17.7 Å². The number of amides is 2. The molecular formula is C19H15ClF2N4O2. The number of benzene rings is 2. The maximum atomic E-state index is 13.7. The van der Waals surface area contributed by atoms with Crippen LogP contribution in [0.4, 0.5) is 25.0 Å². The average molecular weight is 405 g/mol. The first-order chi connectivity index (χ1) is 13.3. The molecule has 3 rings (SSSR count). The van der Waals surface area contributed by atoms with Gasteiger partial charge in [-0.1, -0.05) is 23.7 Å². The topological polar surface area (TPSA) is 76.1 Å². The molecule has 0 aliphatic rings. The first kappa shape index (κ1) is 19.5. The van der Waals surface area contributed by atoms with E-state index in [9.17, 15) is 13.6 Å². The Morgan fingerprint density at radius 2 is 1.68 bits per heavy atom. The maximum Gasteiger partial charge on any atom is 0.323 e. The Balaban J connectivity index is 1.74. The molecule has 1 aromatic heterocycles. The van der Waals surface area contributed by atoms with Crippen molar-refractivity contribution in [1.29, 1.82) is 0 Å². The van der Waals surface area contributed by atoms with Crippen LogP contribution in [-0.4, -0.2) is 16.0 Å². The van der Waals surface area contributed by atoms with E-state index in [4.69, 9.17) is 16.3 Å². The monoisotopic (exact) mass is 404 g/mol. The lowest BCUT2D eigenvalue weighted by molar-refractivity contribution is 0.262. The molecule has 6 nitrogen and oxygen atoms in total. The zero-order valence-electron chi connectivity index (χ0n) is 14.9. The summed E-state index contributed by atoms with van der Waals surface area (Å²) in [4.78, 5) is 20.5. The number of hydrogen-bond donors (Lipinski definition) is 2. The van der Waals surface area contributed by atoms with Crippen LogP contribution in [0.25, 0.3) is 0 Å². The first-order valence-corrected chi connectivity index (χ1v) is 8.52. The number of para-hydroxylation sites is 1. The van der Waals surface area contributed by atoms with Gasteiger partial charge in [-0.05, 0) is 44.2 Å². The molecule has 0 spiro atoms. The lowest BCUT2D eigenvalue weighted by Gasteiger charge is -2.13. The van der Waals surface area contributed by atoms with Gasteiger partial charge < -0.3 is 15.4 Å². The fourth-order valence-electron chi connectivity index (χ4n) is 2.39. The molecular weight excluding hydrogens is 390 g/mol. The van der Waals surface area contributed by atoms with Gasteiger partial charge in [-0.2, -0.15) is 9.97 Å². The van der Waals surface area contributed by atoms with Crippen LogP contribution in [0.5, 0.6) is 11.8 Å². The Labute approximate surface area is 164 Å². The predicted molar refractivity (Wildman–Crippen MR) is 102 cm³/mol. The van der Waals surface area contributed by atoms with Gasteiger partial charge in [-0.3, -0.25) is 0 Å². The maximum absolute atomic E-state index is 13.7. The van der Waals surface area contributed by atoms with E-state index in [1.165, 1.54) is 24.3 Å². The van der Waals surface area contributed by atoms with Crippen LogP contribution in [-0.2, 0) is 0 Å². The van der Waals surface area contributed by atoms with Crippen molar-refractivity contribution in [2.75, 3.05) is 10.6 Å². The highest BCUT2D eigenvalue weighted by atomic mass is 35.5. The third-order valence-electron chi connectivity index (χ3n) is 3.70. The van der Waals surface area contributed by atoms with Crippen molar-refractivity contribution < 1.29 is 18.3 Å². The molecule has 1 heterocycles. The third-order valence-corrected chi connectivity index (χ3v) is 3.99. The highest BCUT2D eigenvalue weighted by molar-refractivity contribution is 6.31. The lowest BCUT2D eigenvalue weighted by atomic mass is 10.3. The number of anilines is 2. The number of halogens is 3. The van der Waals surface area contributed by atoms with Crippen molar-refractivity contribution in [2.24, 2.45) is 0 Å². The number of aryl methyl sites for hydroxylation is 2. The molecule has 9 heteroatoms. The number of rotatable bonds is 4. The lowest BCUT2D eigenvalue weighted by Crippen LogP contribution is -2.21. The van der Waals surface area contributed by atoms with Crippen LogP contribution in [0.3, 0.4) is 0 Å². The summed E-state index contributed by atoms with van der Waals surface area (Å²) in [5.74, 6) is -1.13. The van der Waals surface area contributed by atoms with Gasteiger partial charge in [0.15, 0.2) is 11.6 Å². The number of carbonyl (C=O) groups excluding carboxylic acids is 1. The molecule has 144 valence electrons. The molecule has 0 aliphatic carbocycles. The van der Waals surface area contributed by atoms with Crippen molar-refractivity contribution >= 4 is 29.0 Å². The number of urea groups is 1. The molecule has 0 aliphatic heterocycles. The van der Waals surface area contributed by atoms with Crippen molar-refractivity contribution in [3.8, 4) is 11.8 Å². The molecule has 0 saturated carbocycles. The average Bonchev–Trinajstić information content (AvgIpc) is 2.63. The Morgan fingerprint density at radius 1 is 1.00 bits per heavy atom. The van der Waals surface area contributed by atoms with Gasteiger partial charge in [0.1, 0.15) is 5.82 Å². The van der Waals surface area contributed by atoms with E-state index in [2.05, 4.69) is 20.6 Å². The second kappa shape index (κ2) is 8.18. The van der Waals surface area contributed by atoms with Crippen molar-refractivity contribution in [3.05, 3.63) is 70.5 Å². The highest BCUT2D eigenvalue weighted by Crippen LogP contribution is 2.25. The van der Waals surface area contributed by atoms with E-state index in [0.29, 0.717) is 22.8 Å². The summed E-state index contributed by atoms with van der Waals surface area (Å²) in [6.45, 7) is 3.29. The second-order valence-electron chi connectivity index (χ2n) is 5.79. The van der Waals surface area contributed by atoms with Crippen LogP contribution >= 0.6 is 11.6 Å². The largest absolute Gasteiger partial charge is 0.421 e. The minimum atomic E-state index is -0.585. The van der Waals surface area contributed by atoms with Crippen LogP contribution < -0.4 is 15.4 Å². The number of aromatic nitrogens is 2. The van der Waals surface area contributed by atoms with Crippen LogP contribution in [0.2, 0.25) is 5.02 Å². The SMILES string of the molecule is Cc1nc(Oc2ccccc2F)nc(C)c1NC(=O)Nc1ccc(F)c(Cl)c1. The molecule has 2 N–H and O–H groups in total. The summed E-state index contributed by atoms with van der Waals surface area (Å²) in [6, 6.07) is 9.07. The summed E-state index contributed by atoms with van der Waals surface area (Å²) >= 11 is 5.70. The quantitative estimate of drug-likeness (QED) is 0.605. The van der Waals surface area contributed by atoms with Crippen LogP contribution in [0.15, 0.2) is 42.5 Å². The van der Waals surface area contributed by atoms with E-state index in [1.807, 2.05) is 0 Å². The first-order valence-electron chi connectivity index (χ1n) is 8.14. The van der Waals surface area contributed by atoms with Gasteiger partial charge in [-0.15, -0.1) is 0 Å². The summed E-state index contributed by atoms with van der Waals surface area (Å²) in [7, 11) is 0. The zero-order valence-corrected chi connectivity index (χ0v) is 15.6. The number of carbonyl (C=O) groups is 1. The molecule has 0 bridgehead atoms. The number of hydrogen-bond acceptors (Lipinski definition) is 4. The third kappa shape index (κ3) is 4.52. The fourth-order valence-corrected chi connectivity index (χ4v) is 2.57. The Kier molecular flexibility index (Phi) is 5.70. The van der Waals surface area contributed by atoms with Crippen LogP contribution in [0.1, 0.15) is 11.4 Å². The molecule has 3 aromatic rings. The minimum absolute atomic E-state index is 0.00654. The number of nitrogens with one attached hydrogen (secondary N) is 2. The highest BCUT2D eigenvalue weighted by Gasteiger charge is 2.14. The van der Waals surface area contributed by atoms with Gasteiger partial charge in [0.05, 0.1) is 22.1 Å². The summed E-state index contributed by atoms with van der Waals surface area (Å²) in [6.07, 6.45) is 0. The molecule has 2 amide bonds.